The van der Waals surface area contributed by atoms with Crippen molar-refractivity contribution in [2.75, 3.05) is 5.32 Å². The fourth-order valence-electron chi connectivity index (χ4n) is 1.08. The highest BCUT2D eigenvalue weighted by Crippen LogP contribution is 2.35. The molecule has 0 aromatic carbocycles. The van der Waals surface area contributed by atoms with Crippen molar-refractivity contribution >= 4 is 44.6 Å². The van der Waals surface area contributed by atoms with E-state index in [1.807, 2.05) is 33.8 Å². The summed E-state index contributed by atoms with van der Waals surface area (Å²) in [6.07, 6.45) is -0.454. The fourth-order valence-corrected chi connectivity index (χ4v) is 2.58. The molecule has 0 saturated carbocycles. The van der Waals surface area contributed by atoms with Gasteiger partial charge in [-0.05, 0) is 55.3 Å². The van der Waals surface area contributed by atoms with E-state index >= 15 is 0 Å². The molecule has 0 aliphatic heterocycles. The van der Waals surface area contributed by atoms with E-state index in [1.54, 1.807) is 0 Å². The molecule has 5 heteroatoms. The molecule has 3 nitrogen and oxygen atoms in total. The van der Waals surface area contributed by atoms with E-state index in [-0.39, 0.29) is 0 Å². The number of rotatable bonds is 2. The minimum Gasteiger partial charge on any atom is -0.444 e. The van der Waals surface area contributed by atoms with Crippen LogP contribution in [0.25, 0.3) is 5.57 Å². The summed E-state index contributed by atoms with van der Waals surface area (Å²) < 4.78 is 6.04. The molecule has 0 aliphatic rings. The van der Waals surface area contributed by atoms with Gasteiger partial charge in [-0.15, -0.1) is 11.3 Å². The lowest BCUT2D eigenvalue weighted by atomic mass is 10.2. The predicted molar refractivity (Wildman–Crippen MR) is 76.6 cm³/mol. The van der Waals surface area contributed by atoms with E-state index in [4.69, 9.17) is 4.74 Å². The van der Waals surface area contributed by atoms with E-state index in [1.165, 1.54) is 11.3 Å². The first-order valence-electron chi connectivity index (χ1n) is 5.14. The normalized spacial score (nSPS) is 11.1. The third-order valence-electron chi connectivity index (χ3n) is 1.74. The van der Waals surface area contributed by atoms with Gasteiger partial charge in [0.05, 0.1) is 9.47 Å². The average Bonchev–Trinajstić information content (AvgIpc) is 2.44. The Morgan fingerprint density at radius 2 is 2.12 bits per heavy atom. The number of nitrogens with one attached hydrogen (secondary N) is 1. The van der Waals surface area contributed by atoms with Gasteiger partial charge in [0.15, 0.2) is 0 Å². The molecule has 0 spiro atoms. The second kappa shape index (κ2) is 5.23. The third-order valence-corrected chi connectivity index (χ3v) is 3.74. The summed E-state index contributed by atoms with van der Waals surface area (Å²) in [6.45, 7) is 11.3. The van der Waals surface area contributed by atoms with Crippen LogP contribution in [0.15, 0.2) is 16.4 Å². The summed E-state index contributed by atoms with van der Waals surface area (Å²) in [7, 11) is 0. The summed E-state index contributed by atoms with van der Waals surface area (Å²) in [5.74, 6) is 0. The molecule has 1 N–H and O–H groups in total. The molecule has 1 heterocycles. The molecule has 0 saturated heterocycles. The van der Waals surface area contributed by atoms with Crippen LogP contribution in [-0.4, -0.2) is 11.7 Å². The van der Waals surface area contributed by atoms with Gasteiger partial charge in [0, 0.05) is 4.88 Å². The van der Waals surface area contributed by atoms with Crippen LogP contribution in [0.3, 0.4) is 0 Å². The van der Waals surface area contributed by atoms with E-state index in [2.05, 4.69) is 27.8 Å². The monoisotopic (exact) mass is 317 g/mol. The van der Waals surface area contributed by atoms with Crippen LogP contribution >= 0.6 is 27.3 Å². The van der Waals surface area contributed by atoms with Crippen molar-refractivity contribution < 1.29 is 9.53 Å². The Hall–Kier alpha value is -0.810. The predicted octanol–water partition coefficient (Wildman–Crippen LogP) is 4.89. The minimum absolute atomic E-state index is 0.454. The van der Waals surface area contributed by atoms with Crippen LogP contribution < -0.4 is 5.32 Å². The van der Waals surface area contributed by atoms with Crippen molar-refractivity contribution in [1.29, 1.82) is 0 Å². The average molecular weight is 318 g/mol. The Bertz CT molecular complexity index is 446. The molecule has 1 aromatic heterocycles. The number of thiophene rings is 1. The lowest BCUT2D eigenvalue weighted by Crippen LogP contribution is -2.27. The molecule has 1 amide bonds. The van der Waals surface area contributed by atoms with Gasteiger partial charge in [0.25, 0.3) is 0 Å². The third kappa shape index (κ3) is 4.52. The summed E-state index contributed by atoms with van der Waals surface area (Å²) >= 11 is 4.93. The van der Waals surface area contributed by atoms with Crippen LogP contribution in [0.4, 0.5) is 10.5 Å². The first kappa shape index (κ1) is 14.3. The van der Waals surface area contributed by atoms with Crippen molar-refractivity contribution in [1.82, 2.24) is 0 Å². The molecule has 17 heavy (non-hydrogen) atoms. The van der Waals surface area contributed by atoms with Gasteiger partial charge < -0.3 is 4.74 Å². The quantitative estimate of drug-likeness (QED) is 0.843. The molecule has 94 valence electrons. The fraction of sp³-hybridized carbons (Fsp3) is 0.417. The van der Waals surface area contributed by atoms with Gasteiger partial charge in [0.2, 0.25) is 0 Å². The highest BCUT2D eigenvalue weighted by atomic mass is 79.9. The summed E-state index contributed by atoms with van der Waals surface area (Å²) in [5, 5.41) is 2.70. The van der Waals surface area contributed by atoms with Gasteiger partial charge in [-0.3, -0.25) is 5.32 Å². The number of hydrogen-bond acceptors (Lipinski definition) is 3. The maximum Gasteiger partial charge on any atom is 0.412 e. The highest BCUT2D eigenvalue weighted by Gasteiger charge is 2.18. The summed E-state index contributed by atoms with van der Waals surface area (Å²) in [4.78, 5) is 12.6. The molecule has 0 aliphatic carbocycles. The zero-order valence-electron chi connectivity index (χ0n) is 10.4. The van der Waals surface area contributed by atoms with Crippen LogP contribution in [0, 0.1) is 0 Å². The molecule has 0 unspecified atom stereocenters. The zero-order valence-corrected chi connectivity index (χ0v) is 12.8. The Morgan fingerprint density at radius 1 is 1.53 bits per heavy atom. The number of amides is 1. The van der Waals surface area contributed by atoms with Gasteiger partial charge in [-0.1, -0.05) is 6.58 Å². The SMILES string of the molecule is C=C(C)c1cc(NC(=O)OC(C)(C)C)c(Br)s1. The maximum atomic E-state index is 11.6. The van der Waals surface area contributed by atoms with Crippen LogP contribution in [0.1, 0.15) is 32.6 Å². The van der Waals surface area contributed by atoms with E-state index in [0.29, 0.717) is 5.69 Å². The lowest BCUT2D eigenvalue weighted by Gasteiger charge is -2.19. The van der Waals surface area contributed by atoms with Crippen molar-refractivity contribution in [3.05, 3.63) is 21.3 Å². The molecule has 0 radical (unpaired) electrons. The zero-order chi connectivity index (χ0) is 13.2. The van der Waals surface area contributed by atoms with Crippen molar-refractivity contribution in [3.8, 4) is 0 Å². The van der Waals surface area contributed by atoms with Gasteiger partial charge in [0.1, 0.15) is 5.60 Å². The van der Waals surface area contributed by atoms with E-state index in [0.717, 1.165) is 14.2 Å². The number of carbonyl (C=O) groups is 1. The Kier molecular flexibility index (Phi) is 4.38. The maximum absolute atomic E-state index is 11.6. The van der Waals surface area contributed by atoms with Gasteiger partial charge >= 0.3 is 6.09 Å². The Labute approximate surface area is 114 Å². The Morgan fingerprint density at radius 3 is 2.53 bits per heavy atom. The summed E-state index contributed by atoms with van der Waals surface area (Å²) in [6, 6.07) is 1.88. The van der Waals surface area contributed by atoms with Gasteiger partial charge in [-0.2, -0.15) is 0 Å². The molecule has 1 aromatic rings. The number of halogens is 1. The topological polar surface area (TPSA) is 38.3 Å². The van der Waals surface area contributed by atoms with Crippen LogP contribution in [0.2, 0.25) is 0 Å². The highest BCUT2D eigenvalue weighted by molar-refractivity contribution is 9.11. The number of anilines is 1. The summed E-state index contributed by atoms with van der Waals surface area (Å²) in [5.41, 5.74) is 1.18. The number of hydrogen-bond donors (Lipinski definition) is 1. The smallest absolute Gasteiger partial charge is 0.412 e. The largest absolute Gasteiger partial charge is 0.444 e. The molecule has 0 atom stereocenters. The lowest BCUT2D eigenvalue weighted by molar-refractivity contribution is 0.0636. The second-order valence-electron chi connectivity index (χ2n) is 4.71. The number of carbonyl (C=O) groups excluding carboxylic acids is 1. The van der Waals surface area contributed by atoms with Crippen LogP contribution in [0.5, 0.6) is 0 Å². The van der Waals surface area contributed by atoms with Crippen molar-refractivity contribution in [3.63, 3.8) is 0 Å². The number of ether oxygens (including phenoxy) is 1. The Balaban J connectivity index is 2.75. The molecule has 1 rings (SSSR count). The number of allylic oxidation sites excluding steroid dienone is 1. The molecular weight excluding hydrogens is 302 g/mol. The van der Waals surface area contributed by atoms with E-state index in [9.17, 15) is 4.79 Å². The standard InChI is InChI=1S/C12H16BrNO2S/c1-7(2)9-6-8(10(13)17-9)14-11(15)16-12(3,4)5/h6H,1H2,2-5H3,(H,14,15). The van der Waals surface area contributed by atoms with E-state index < -0.39 is 11.7 Å². The van der Waals surface area contributed by atoms with Crippen LogP contribution in [-0.2, 0) is 4.74 Å². The van der Waals surface area contributed by atoms with Gasteiger partial charge in [-0.25, -0.2) is 4.79 Å². The minimum atomic E-state index is -0.496. The first-order chi connectivity index (χ1) is 7.69. The molecule has 0 fully saturated rings. The molecular formula is C12H16BrNO2S. The van der Waals surface area contributed by atoms with Crippen molar-refractivity contribution in [2.45, 2.75) is 33.3 Å². The first-order valence-corrected chi connectivity index (χ1v) is 6.75. The van der Waals surface area contributed by atoms with Crippen molar-refractivity contribution in [2.24, 2.45) is 0 Å². The molecule has 0 bridgehead atoms. The second-order valence-corrected chi connectivity index (χ2v) is 7.08.